The average Bonchev–Trinajstić information content (AvgIpc) is 3.14. The fourth-order valence-electron chi connectivity index (χ4n) is 3.03. The third kappa shape index (κ3) is 3.35. The molecule has 1 aromatic rings. The normalized spacial score (nSPS) is 21.3. The second-order valence-corrected chi connectivity index (χ2v) is 6.03. The molecule has 3 heteroatoms. The molecule has 18 heavy (non-hydrogen) atoms. The highest BCUT2D eigenvalue weighted by atomic mass is 15.1. The standard InChI is InChI=1S/C15H25N3/c1-2-4-13(5-3-1)8-9-18-12-16-10-15(18)11-17-14-6-7-14/h10,12-14,17H,1-9,11H2. The van der Waals surface area contributed by atoms with E-state index in [-0.39, 0.29) is 0 Å². The molecule has 0 saturated heterocycles. The fraction of sp³-hybridized carbons (Fsp3) is 0.800. The molecular weight excluding hydrogens is 222 g/mol. The number of hydrogen-bond acceptors (Lipinski definition) is 2. The van der Waals surface area contributed by atoms with Crippen molar-refractivity contribution in [2.75, 3.05) is 0 Å². The Hall–Kier alpha value is -0.830. The van der Waals surface area contributed by atoms with Crippen LogP contribution in [-0.2, 0) is 13.1 Å². The van der Waals surface area contributed by atoms with E-state index in [0.717, 1.165) is 25.0 Å². The van der Waals surface area contributed by atoms with Gasteiger partial charge in [0.1, 0.15) is 0 Å². The van der Waals surface area contributed by atoms with Crippen molar-refractivity contribution in [2.24, 2.45) is 5.92 Å². The van der Waals surface area contributed by atoms with Gasteiger partial charge in [0, 0.05) is 25.3 Å². The predicted molar refractivity (Wildman–Crippen MR) is 73.3 cm³/mol. The highest BCUT2D eigenvalue weighted by Crippen LogP contribution is 2.26. The average molecular weight is 247 g/mol. The Morgan fingerprint density at radius 1 is 1.17 bits per heavy atom. The number of rotatable bonds is 6. The van der Waals surface area contributed by atoms with Gasteiger partial charge in [0.05, 0.1) is 12.0 Å². The highest BCUT2D eigenvalue weighted by molar-refractivity contribution is 4.99. The molecule has 0 atom stereocenters. The van der Waals surface area contributed by atoms with Gasteiger partial charge >= 0.3 is 0 Å². The number of aromatic nitrogens is 2. The monoisotopic (exact) mass is 247 g/mol. The van der Waals surface area contributed by atoms with Crippen LogP contribution < -0.4 is 5.32 Å². The first kappa shape index (κ1) is 12.2. The van der Waals surface area contributed by atoms with Crippen molar-refractivity contribution in [2.45, 2.75) is 70.5 Å². The Morgan fingerprint density at radius 3 is 2.78 bits per heavy atom. The lowest BCUT2D eigenvalue weighted by atomic mass is 9.87. The minimum atomic E-state index is 0.784. The highest BCUT2D eigenvalue weighted by Gasteiger charge is 2.20. The van der Waals surface area contributed by atoms with Gasteiger partial charge < -0.3 is 9.88 Å². The Kier molecular flexibility index (Phi) is 3.99. The molecule has 2 aliphatic carbocycles. The summed E-state index contributed by atoms with van der Waals surface area (Å²) < 4.78 is 2.35. The summed E-state index contributed by atoms with van der Waals surface area (Å²) in [4.78, 5) is 4.31. The van der Waals surface area contributed by atoms with E-state index in [1.165, 1.54) is 57.1 Å². The van der Waals surface area contributed by atoms with Gasteiger partial charge in [-0.3, -0.25) is 0 Å². The van der Waals surface area contributed by atoms with E-state index in [9.17, 15) is 0 Å². The summed E-state index contributed by atoms with van der Waals surface area (Å²) in [6, 6.07) is 0.784. The number of imidazole rings is 1. The van der Waals surface area contributed by atoms with Crippen LogP contribution >= 0.6 is 0 Å². The zero-order valence-corrected chi connectivity index (χ0v) is 11.3. The quantitative estimate of drug-likeness (QED) is 0.837. The van der Waals surface area contributed by atoms with Crippen molar-refractivity contribution in [1.82, 2.24) is 14.9 Å². The number of hydrogen-bond donors (Lipinski definition) is 1. The van der Waals surface area contributed by atoms with Crippen LogP contribution in [0.5, 0.6) is 0 Å². The van der Waals surface area contributed by atoms with Crippen LogP contribution in [0.4, 0.5) is 0 Å². The van der Waals surface area contributed by atoms with Gasteiger partial charge in [0.2, 0.25) is 0 Å². The van der Waals surface area contributed by atoms with E-state index in [2.05, 4.69) is 14.9 Å². The number of nitrogens with one attached hydrogen (secondary N) is 1. The zero-order valence-electron chi connectivity index (χ0n) is 11.3. The Labute approximate surface area is 110 Å². The summed E-state index contributed by atoms with van der Waals surface area (Å²) in [6.45, 7) is 2.15. The molecule has 0 radical (unpaired) electrons. The number of aryl methyl sites for hydroxylation is 1. The first-order chi connectivity index (χ1) is 8.92. The summed E-state index contributed by atoms with van der Waals surface area (Å²) >= 11 is 0. The lowest BCUT2D eigenvalue weighted by Crippen LogP contribution is -2.18. The topological polar surface area (TPSA) is 29.9 Å². The van der Waals surface area contributed by atoms with Gasteiger partial charge in [-0.05, 0) is 25.2 Å². The smallest absolute Gasteiger partial charge is 0.0948 e. The molecule has 0 aromatic carbocycles. The fourth-order valence-corrected chi connectivity index (χ4v) is 3.03. The molecule has 1 heterocycles. The second kappa shape index (κ2) is 5.87. The SMILES string of the molecule is c1ncn(CCC2CCCCC2)c1CNC1CC1. The van der Waals surface area contributed by atoms with Crippen LogP contribution in [0.25, 0.3) is 0 Å². The summed E-state index contributed by atoms with van der Waals surface area (Å²) in [6.07, 6.45) is 15.3. The van der Waals surface area contributed by atoms with Crippen LogP contribution in [-0.4, -0.2) is 15.6 Å². The van der Waals surface area contributed by atoms with Gasteiger partial charge in [0.15, 0.2) is 0 Å². The van der Waals surface area contributed by atoms with Crippen molar-refractivity contribution in [1.29, 1.82) is 0 Å². The van der Waals surface area contributed by atoms with Gasteiger partial charge in [-0.1, -0.05) is 32.1 Å². The van der Waals surface area contributed by atoms with Crippen LogP contribution in [0.1, 0.15) is 57.1 Å². The molecular formula is C15H25N3. The van der Waals surface area contributed by atoms with Crippen molar-refractivity contribution in [3.63, 3.8) is 0 Å². The van der Waals surface area contributed by atoms with Crippen LogP contribution in [0, 0.1) is 5.92 Å². The first-order valence-corrected chi connectivity index (χ1v) is 7.64. The molecule has 0 aliphatic heterocycles. The van der Waals surface area contributed by atoms with E-state index in [1.807, 2.05) is 12.5 Å². The van der Waals surface area contributed by atoms with E-state index in [0.29, 0.717) is 0 Å². The van der Waals surface area contributed by atoms with Crippen molar-refractivity contribution >= 4 is 0 Å². The lowest BCUT2D eigenvalue weighted by molar-refractivity contribution is 0.322. The van der Waals surface area contributed by atoms with E-state index < -0.39 is 0 Å². The predicted octanol–water partition coefficient (Wildman–Crippen LogP) is 3.11. The molecule has 2 saturated carbocycles. The largest absolute Gasteiger partial charge is 0.333 e. The Bertz CT molecular complexity index is 362. The van der Waals surface area contributed by atoms with E-state index in [4.69, 9.17) is 0 Å². The van der Waals surface area contributed by atoms with Crippen LogP contribution in [0.3, 0.4) is 0 Å². The maximum absolute atomic E-state index is 4.31. The van der Waals surface area contributed by atoms with Crippen molar-refractivity contribution in [3.05, 3.63) is 18.2 Å². The first-order valence-electron chi connectivity index (χ1n) is 7.64. The molecule has 0 amide bonds. The molecule has 1 aromatic heterocycles. The van der Waals surface area contributed by atoms with Crippen molar-refractivity contribution in [3.8, 4) is 0 Å². The Balaban J connectivity index is 1.46. The molecule has 3 nitrogen and oxygen atoms in total. The van der Waals surface area contributed by atoms with Gasteiger partial charge in [-0.2, -0.15) is 0 Å². The molecule has 2 aliphatic rings. The van der Waals surface area contributed by atoms with Gasteiger partial charge in [0.25, 0.3) is 0 Å². The van der Waals surface area contributed by atoms with Gasteiger partial charge in [-0.15, -0.1) is 0 Å². The van der Waals surface area contributed by atoms with Crippen molar-refractivity contribution < 1.29 is 0 Å². The Morgan fingerprint density at radius 2 is 2.00 bits per heavy atom. The summed E-state index contributed by atoms with van der Waals surface area (Å²) in [5.74, 6) is 0.963. The molecule has 2 fully saturated rings. The number of nitrogens with zero attached hydrogens (tertiary/aromatic N) is 2. The molecule has 1 N–H and O–H groups in total. The second-order valence-electron chi connectivity index (χ2n) is 6.03. The summed E-state index contributed by atoms with van der Waals surface area (Å²) in [5, 5.41) is 3.58. The van der Waals surface area contributed by atoms with Crippen LogP contribution in [0.2, 0.25) is 0 Å². The molecule has 0 bridgehead atoms. The zero-order chi connectivity index (χ0) is 12.2. The van der Waals surface area contributed by atoms with E-state index in [1.54, 1.807) is 0 Å². The molecule has 0 spiro atoms. The molecule has 100 valence electrons. The molecule has 3 rings (SSSR count). The third-order valence-corrected chi connectivity index (χ3v) is 4.45. The lowest BCUT2D eigenvalue weighted by Gasteiger charge is -2.22. The summed E-state index contributed by atoms with van der Waals surface area (Å²) in [5.41, 5.74) is 1.36. The van der Waals surface area contributed by atoms with Crippen LogP contribution in [0.15, 0.2) is 12.5 Å². The van der Waals surface area contributed by atoms with E-state index >= 15 is 0 Å². The molecule has 0 unspecified atom stereocenters. The minimum Gasteiger partial charge on any atom is -0.333 e. The summed E-state index contributed by atoms with van der Waals surface area (Å²) in [7, 11) is 0. The minimum absolute atomic E-state index is 0.784. The maximum Gasteiger partial charge on any atom is 0.0948 e. The van der Waals surface area contributed by atoms with Gasteiger partial charge in [-0.25, -0.2) is 4.98 Å². The maximum atomic E-state index is 4.31. The third-order valence-electron chi connectivity index (χ3n) is 4.45.